The maximum atomic E-state index is 6.02. The van der Waals surface area contributed by atoms with Crippen molar-refractivity contribution in [3.63, 3.8) is 0 Å². The summed E-state index contributed by atoms with van der Waals surface area (Å²) >= 11 is 7.90. The summed E-state index contributed by atoms with van der Waals surface area (Å²) in [5.74, 6) is 3.23. The molecule has 1 aromatic carbocycles. The first-order valence-electron chi connectivity index (χ1n) is 6.16. The van der Waals surface area contributed by atoms with Crippen molar-refractivity contribution >= 4 is 34.4 Å². The molecule has 0 spiro atoms. The maximum absolute atomic E-state index is 6.02. The monoisotopic (exact) mass is 282 g/mol. The Hall–Kier alpha value is -0.670. The first-order chi connectivity index (χ1) is 8.65. The van der Waals surface area contributed by atoms with Gasteiger partial charge in [0.1, 0.15) is 5.82 Å². The number of benzene rings is 1. The van der Waals surface area contributed by atoms with Gasteiger partial charge < -0.3 is 4.57 Å². The van der Waals surface area contributed by atoms with Crippen LogP contribution in [0.5, 0.6) is 0 Å². The quantitative estimate of drug-likeness (QED) is 0.769. The van der Waals surface area contributed by atoms with Gasteiger partial charge in [0, 0.05) is 6.54 Å². The third kappa shape index (κ3) is 2.83. The highest BCUT2D eigenvalue weighted by Gasteiger charge is 2.12. The second-order valence-corrected chi connectivity index (χ2v) is 6.00. The fraction of sp³-hybridized carbons (Fsp3) is 0.500. The number of nitrogens with zero attached hydrogens (tertiary/aromatic N) is 2. The SMILES string of the molecule is CSCC(C)Cn1c(CCl)nc2cc(C)ccc21. The lowest BCUT2D eigenvalue weighted by Gasteiger charge is -2.13. The van der Waals surface area contributed by atoms with Gasteiger partial charge in [0.05, 0.1) is 16.9 Å². The molecule has 0 N–H and O–H groups in total. The Kier molecular flexibility index (Phi) is 4.57. The van der Waals surface area contributed by atoms with Gasteiger partial charge in [0.2, 0.25) is 0 Å². The molecule has 0 aliphatic heterocycles. The van der Waals surface area contributed by atoms with Crippen LogP contribution < -0.4 is 0 Å². The Balaban J connectivity index is 2.40. The first-order valence-corrected chi connectivity index (χ1v) is 8.09. The van der Waals surface area contributed by atoms with E-state index in [9.17, 15) is 0 Å². The Morgan fingerprint density at radius 3 is 2.89 bits per heavy atom. The highest BCUT2D eigenvalue weighted by atomic mass is 35.5. The molecule has 1 aromatic heterocycles. The van der Waals surface area contributed by atoms with Gasteiger partial charge >= 0.3 is 0 Å². The second-order valence-electron chi connectivity index (χ2n) is 4.82. The van der Waals surface area contributed by atoms with Gasteiger partial charge in [-0.15, -0.1) is 11.6 Å². The molecule has 1 unspecified atom stereocenters. The normalized spacial score (nSPS) is 13.1. The molecule has 0 saturated heterocycles. The van der Waals surface area contributed by atoms with Crippen LogP contribution in [0.3, 0.4) is 0 Å². The van der Waals surface area contributed by atoms with Crippen LogP contribution in [0, 0.1) is 12.8 Å². The Labute approximate surface area is 118 Å². The number of alkyl halides is 1. The molecule has 0 saturated carbocycles. The second kappa shape index (κ2) is 5.98. The van der Waals surface area contributed by atoms with Gasteiger partial charge in [-0.1, -0.05) is 13.0 Å². The highest BCUT2D eigenvalue weighted by Crippen LogP contribution is 2.21. The van der Waals surface area contributed by atoms with Gasteiger partial charge in [-0.3, -0.25) is 0 Å². The van der Waals surface area contributed by atoms with Crippen LogP contribution >= 0.6 is 23.4 Å². The molecule has 98 valence electrons. The van der Waals surface area contributed by atoms with Crippen molar-refractivity contribution in [3.8, 4) is 0 Å². The lowest BCUT2D eigenvalue weighted by molar-refractivity contribution is 0.530. The molecule has 1 heterocycles. The number of hydrogen-bond donors (Lipinski definition) is 0. The van der Waals surface area contributed by atoms with Crippen molar-refractivity contribution in [2.24, 2.45) is 5.92 Å². The zero-order valence-corrected chi connectivity index (χ0v) is 12.7. The van der Waals surface area contributed by atoms with Crippen LogP contribution in [-0.4, -0.2) is 21.6 Å². The molecular weight excluding hydrogens is 264 g/mol. The Bertz CT molecular complexity index is 536. The van der Waals surface area contributed by atoms with E-state index in [1.807, 2.05) is 11.8 Å². The van der Waals surface area contributed by atoms with Gasteiger partial charge in [0.25, 0.3) is 0 Å². The molecule has 2 nitrogen and oxygen atoms in total. The summed E-state index contributed by atoms with van der Waals surface area (Å²) in [7, 11) is 0. The van der Waals surface area contributed by atoms with E-state index in [1.165, 1.54) is 11.1 Å². The largest absolute Gasteiger partial charge is 0.327 e. The van der Waals surface area contributed by atoms with Crippen LogP contribution in [0.4, 0.5) is 0 Å². The lowest BCUT2D eigenvalue weighted by atomic mass is 10.2. The molecule has 0 amide bonds. The summed E-state index contributed by atoms with van der Waals surface area (Å²) in [4.78, 5) is 4.63. The van der Waals surface area contributed by atoms with Crippen molar-refractivity contribution in [2.75, 3.05) is 12.0 Å². The van der Waals surface area contributed by atoms with Crippen molar-refractivity contribution in [2.45, 2.75) is 26.3 Å². The Morgan fingerprint density at radius 1 is 1.44 bits per heavy atom. The van der Waals surface area contributed by atoms with Crippen LogP contribution in [-0.2, 0) is 12.4 Å². The number of aromatic nitrogens is 2. The molecule has 0 radical (unpaired) electrons. The van der Waals surface area contributed by atoms with Crippen LogP contribution in [0.25, 0.3) is 11.0 Å². The Morgan fingerprint density at radius 2 is 2.22 bits per heavy atom. The summed E-state index contributed by atoms with van der Waals surface area (Å²) in [5, 5.41) is 0. The molecule has 0 aliphatic carbocycles. The minimum atomic E-state index is 0.472. The summed E-state index contributed by atoms with van der Waals surface area (Å²) in [6.07, 6.45) is 2.15. The van der Waals surface area contributed by atoms with Crippen molar-refractivity contribution in [1.82, 2.24) is 9.55 Å². The van der Waals surface area contributed by atoms with Gasteiger partial charge in [-0.05, 0) is 42.5 Å². The predicted molar refractivity (Wildman–Crippen MR) is 81.6 cm³/mol. The van der Waals surface area contributed by atoms with E-state index in [-0.39, 0.29) is 0 Å². The van der Waals surface area contributed by atoms with Crippen LogP contribution in [0.1, 0.15) is 18.3 Å². The number of hydrogen-bond acceptors (Lipinski definition) is 2. The predicted octanol–water partition coefficient (Wildman–Crippen LogP) is 4.08. The summed E-state index contributed by atoms with van der Waals surface area (Å²) in [6, 6.07) is 6.42. The number of halogens is 1. The van der Waals surface area contributed by atoms with E-state index in [0.717, 1.165) is 23.6 Å². The zero-order chi connectivity index (χ0) is 13.1. The molecule has 2 rings (SSSR count). The first kappa shape index (κ1) is 13.8. The lowest BCUT2D eigenvalue weighted by Crippen LogP contribution is -2.12. The van der Waals surface area contributed by atoms with Gasteiger partial charge in [-0.25, -0.2) is 4.98 Å². The molecule has 1 atom stereocenters. The smallest absolute Gasteiger partial charge is 0.124 e. The molecule has 0 fully saturated rings. The zero-order valence-electron chi connectivity index (χ0n) is 11.1. The topological polar surface area (TPSA) is 17.8 Å². The van der Waals surface area contributed by atoms with Crippen molar-refractivity contribution in [3.05, 3.63) is 29.6 Å². The minimum Gasteiger partial charge on any atom is -0.327 e. The van der Waals surface area contributed by atoms with Crippen molar-refractivity contribution < 1.29 is 0 Å². The number of rotatable bonds is 5. The van der Waals surface area contributed by atoms with E-state index in [2.05, 4.69) is 47.9 Å². The van der Waals surface area contributed by atoms with E-state index in [0.29, 0.717) is 11.8 Å². The number of thioether (sulfide) groups is 1. The summed E-state index contributed by atoms with van der Waals surface area (Å²) < 4.78 is 2.27. The molecule has 18 heavy (non-hydrogen) atoms. The average molecular weight is 283 g/mol. The molecular formula is C14H19ClN2S. The number of aryl methyl sites for hydroxylation is 1. The fourth-order valence-electron chi connectivity index (χ4n) is 2.24. The summed E-state index contributed by atoms with van der Waals surface area (Å²) in [5.41, 5.74) is 3.50. The van der Waals surface area contributed by atoms with Gasteiger partial charge in [-0.2, -0.15) is 11.8 Å². The average Bonchev–Trinajstić information content (AvgIpc) is 2.66. The standard InChI is InChI=1S/C14H19ClN2S/c1-10-4-5-13-12(6-10)16-14(7-15)17(13)8-11(2)9-18-3/h4-6,11H,7-9H2,1-3H3. The van der Waals surface area contributed by atoms with Gasteiger partial charge in [0.15, 0.2) is 0 Å². The molecule has 2 aromatic rings. The molecule has 0 aliphatic rings. The van der Waals surface area contributed by atoms with E-state index in [1.54, 1.807) is 0 Å². The minimum absolute atomic E-state index is 0.472. The van der Waals surface area contributed by atoms with E-state index < -0.39 is 0 Å². The third-order valence-electron chi connectivity index (χ3n) is 3.05. The maximum Gasteiger partial charge on any atom is 0.124 e. The van der Waals surface area contributed by atoms with Crippen molar-refractivity contribution in [1.29, 1.82) is 0 Å². The number of fused-ring (bicyclic) bond motifs is 1. The fourth-order valence-corrected chi connectivity index (χ4v) is 3.12. The highest BCUT2D eigenvalue weighted by molar-refractivity contribution is 7.98. The summed E-state index contributed by atoms with van der Waals surface area (Å²) in [6.45, 7) is 5.35. The van der Waals surface area contributed by atoms with Crippen LogP contribution in [0.2, 0.25) is 0 Å². The van der Waals surface area contributed by atoms with E-state index >= 15 is 0 Å². The van der Waals surface area contributed by atoms with Crippen LogP contribution in [0.15, 0.2) is 18.2 Å². The molecule has 0 bridgehead atoms. The molecule has 4 heteroatoms. The third-order valence-corrected chi connectivity index (χ3v) is 4.19. The number of imidazole rings is 1. The van der Waals surface area contributed by atoms with E-state index in [4.69, 9.17) is 11.6 Å².